The normalized spacial score (nSPS) is 22.5. The number of hydrogen-bond acceptors (Lipinski definition) is 4. The topological polar surface area (TPSA) is 64.4 Å². The molecular weight excluding hydrogens is 473 g/mol. The van der Waals surface area contributed by atoms with Crippen molar-refractivity contribution in [1.82, 2.24) is 10.3 Å². The summed E-state index contributed by atoms with van der Waals surface area (Å²) in [6, 6.07) is 3.39. The van der Waals surface area contributed by atoms with E-state index >= 15 is 8.78 Å². The van der Waals surface area contributed by atoms with Crippen molar-refractivity contribution in [2.24, 2.45) is 0 Å². The van der Waals surface area contributed by atoms with Crippen LogP contribution in [0, 0.1) is 11.6 Å². The van der Waals surface area contributed by atoms with E-state index < -0.39 is 70.0 Å². The smallest absolute Gasteiger partial charge is 0.416 e. The van der Waals surface area contributed by atoms with Crippen molar-refractivity contribution in [2.75, 3.05) is 6.61 Å². The first-order valence-electron chi connectivity index (χ1n) is 9.87. The average Bonchev–Trinajstić information content (AvgIpc) is 3.12. The van der Waals surface area contributed by atoms with Crippen LogP contribution in [0.2, 0.25) is 0 Å². The molecule has 1 unspecified atom stereocenters. The third-order valence-electron chi connectivity index (χ3n) is 5.88. The van der Waals surface area contributed by atoms with Crippen LogP contribution in [0.15, 0.2) is 34.7 Å². The lowest BCUT2D eigenvalue weighted by Crippen LogP contribution is -2.62. The van der Waals surface area contributed by atoms with Crippen molar-refractivity contribution in [3.63, 3.8) is 0 Å². The quantitative estimate of drug-likeness (QED) is 0.478. The van der Waals surface area contributed by atoms with Crippen molar-refractivity contribution in [1.29, 1.82) is 0 Å². The van der Waals surface area contributed by atoms with Gasteiger partial charge in [-0.25, -0.2) is 22.5 Å². The molecule has 0 aliphatic carbocycles. The number of hydrogen-bond donors (Lipinski definition) is 1. The maximum Gasteiger partial charge on any atom is 0.416 e. The van der Waals surface area contributed by atoms with Crippen LogP contribution in [-0.4, -0.2) is 29.0 Å². The summed E-state index contributed by atoms with van der Waals surface area (Å²) in [6.07, 6.45) is -4.68. The van der Waals surface area contributed by atoms with Crippen molar-refractivity contribution in [3.8, 4) is 11.5 Å². The van der Waals surface area contributed by atoms with Crippen molar-refractivity contribution in [2.45, 2.75) is 44.0 Å². The lowest BCUT2D eigenvalue weighted by molar-refractivity contribution is -0.216. The molecule has 1 aromatic heterocycles. The number of carbonyl (C=O) groups excluding carboxylic acids is 1. The van der Waals surface area contributed by atoms with Gasteiger partial charge in [0.15, 0.2) is 5.58 Å². The number of oxazole rings is 1. The predicted octanol–water partition coefficient (Wildman–Crippen LogP) is 5.57. The summed E-state index contributed by atoms with van der Waals surface area (Å²) in [7, 11) is 0. The first kappa shape index (κ1) is 24.0. The van der Waals surface area contributed by atoms with E-state index in [0.717, 1.165) is 32.9 Å². The second-order valence-corrected chi connectivity index (χ2v) is 8.56. The number of nitrogens with zero attached hydrogens (tertiary/aromatic N) is 1. The lowest BCUT2D eigenvalue weighted by Gasteiger charge is -2.43. The summed E-state index contributed by atoms with van der Waals surface area (Å²) in [4.78, 5) is 16.0. The minimum atomic E-state index is -4.68. The fourth-order valence-corrected chi connectivity index (χ4v) is 3.88. The van der Waals surface area contributed by atoms with Gasteiger partial charge in [0.2, 0.25) is 11.8 Å². The van der Waals surface area contributed by atoms with E-state index in [1.165, 1.54) is 0 Å². The van der Waals surface area contributed by atoms with Crippen LogP contribution < -0.4 is 5.32 Å². The molecule has 1 aliphatic rings. The van der Waals surface area contributed by atoms with Crippen LogP contribution in [-0.2, 0) is 21.2 Å². The van der Waals surface area contributed by atoms with Gasteiger partial charge in [-0.05, 0) is 45.0 Å². The number of amides is 1. The van der Waals surface area contributed by atoms with Crippen molar-refractivity contribution >= 4 is 17.0 Å². The van der Waals surface area contributed by atoms with Gasteiger partial charge in [0.1, 0.15) is 34.9 Å². The van der Waals surface area contributed by atoms with Gasteiger partial charge in [-0.3, -0.25) is 4.79 Å². The van der Waals surface area contributed by atoms with Crippen LogP contribution in [0.1, 0.15) is 31.9 Å². The number of carbonyl (C=O) groups is 1. The Morgan fingerprint density at radius 2 is 1.71 bits per heavy atom. The molecule has 1 saturated heterocycles. The average molecular weight is 490 g/mol. The van der Waals surface area contributed by atoms with Gasteiger partial charge in [0, 0.05) is 11.6 Å². The lowest BCUT2D eigenvalue weighted by atomic mass is 9.77. The standard InChI is InChI=1S/C22H17F7N2O3/c1-19(2)22(28,29)20(3,31-17(32)9-33-19)12-7-11(13(23)8-14(12)24)18-30-15-5-4-10(21(25,26)27)6-16(15)34-18/h4-8H,9H2,1-3H3,(H,31,32). The first-order chi connectivity index (χ1) is 15.6. The second kappa shape index (κ2) is 7.42. The Morgan fingerprint density at radius 3 is 2.35 bits per heavy atom. The van der Waals surface area contributed by atoms with E-state index in [1.807, 2.05) is 0 Å². The summed E-state index contributed by atoms with van der Waals surface area (Å²) in [5, 5.41) is 2.05. The molecule has 0 saturated carbocycles. The van der Waals surface area contributed by atoms with Gasteiger partial charge >= 0.3 is 12.1 Å². The minimum Gasteiger partial charge on any atom is -0.436 e. The third kappa shape index (κ3) is 3.60. The van der Waals surface area contributed by atoms with Crippen molar-refractivity contribution in [3.05, 3.63) is 53.1 Å². The fraction of sp³-hybridized carbons (Fsp3) is 0.364. The highest BCUT2D eigenvalue weighted by Crippen LogP contribution is 2.49. The molecule has 0 spiro atoms. The van der Waals surface area contributed by atoms with Gasteiger partial charge < -0.3 is 14.5 Å². The maximum atomic E-state index is 15.5. The number of benzene rings is 2. The molecule has 1 aliphatic heterocycles. The van der Waals surface area contributed by atoms with Crippen LogP contribution in [0.5, 0.6) is 0 Å². The first-order valence-corrected chi connectivity index (χ1v) is 9.87. The Balaban J connectivity index is 1.90. The highest BCUT2D eigenvalue weighted by atomic mass is 19.4. The van der Waals surface area contributed by atoms with E-state index in [0.29, 0.717) is 18.2 Å². The second-order valence-electron chi connectivity index (χ2n) is 8.56. The summed E-state index contributed by atoms with van der Waals surface area (Å²) in [6.45, 7) is 2.18. The predicted molar refractivity (Wildman–Crippen MR) is 105 cm³/mol. The Kier molecular flexibility index (Phi) is 5.24. The van der Waals surface area contributed by atoms with E-state index in [4.69, 9.17) is 9.15 Å². The molecule has 1 N–H and O–H groups in total. The Hall–Kier alpha value is -3.15. The summed E-state index contributed by atoms with van der Waals surface area (Å²) < 4.78 is 110. The van der Waals surface area contributed by atoms with E-state index in [9.17, 15) is 26.7 Å². The third-order valence-corrected chi connectivity index (χ3v) is 5.88. The number of ether oxygens (including phenoxy) is 1. The van der Waals surface area contributed by atoms with Crippen LogP contribution in [0.4, 0.5) is 30.7 Å². The van der Waals surface area contributed by atoms with E-state index in [1.54, 1.807) is 0 Å². The summed E-state index contributed by atoms with van der Waals surface area (Å²) in [5.41, 5.74) is -7.75. The zero-order valence-electron chi connectivity index (χ0n) is 17.9. The van der Waals surface area contributed by atoms with E-state index in [2.05, 4.69) is 10.3 Å². The molecule has 3 aromatic rings. The molecule has 1 atom stereocenters. The largest absolute Gasteiger partial charge is 0.436 e. The number of fused-ring (bicyclic) bond motifs is 1. The molecule has 2 heterocycles. The Bertz CT molecular complexity index is 1300. The van der Waals surface area contributed by atoms with Gasteiger partial charge in [-0.1, -0.05) is 0 Å². The molecule has 5 nitrogen and oxygen atoms in total. The molecule has 1 amide bonds. The van der Waals surface area contributed by atoms with Crippen molar-refractivity contribution < 1.29 is 44.7 Å². The molecule has 12 heteroatoms. The minimum absolute atomic E-state index is 0.0675. The highest BCUT2D eigenvalue weighted by molar-refractivity contribution is 5.80. The van der Waals surface area contributed by atoms with Crippen LogP contribution >= 0.6 is 0 Å². The van der Waals surface area contributed by atoms with Gasteiger partial charge in [-0.2, -0.15) is 13.2 Å². The molecule has 182 valence electrons. The van der Waals surface area contributed by atoms with Gasteiger partial charge in [-0.15, -0.1) is 0 Å². The zero-order chi connectivity index (χ0) is 25.3. The van der Waals surface area contributed by atoms with Gasteiger partial charge in [0.05, 0.1) is 11.1 Å². The number of rotatable bonds is 2. The fourth-order valence-electron chi connectivity index (χ4n) is 3.88. The molecular formula is C22H17F7N2O3. The Labute approximate surface area is 187 Å². The highest BCUT2D eigenvalue weighted by Gasteiger charge is 2.64. The molecule has 1 fully saturated rings. The van der Waals surface area contributed by atoms with E-state index in [-0.39, 0.29) is 11.1 Å². The number of alkyl halides is 5. The van der Waals surface area contributed by atoms with Gasteiger partial charge in [0.25, 0.3) is 0 Å². The molecule has 34 heavy (non-hydrogen) atoms. The number of aromatic nitrogens is 1. The molecule has 2 aromatic carbocycles. The molecule has 4 rings (SSSR count). The Morgan fingerprint density at radius 1 is 1.03 bits per heavy atom. The molecule has 0 bridgehead atoms. The van der Waals surface area contributed by atoms with Crippen LogP contribution in [0.3, 0.4) is 0 Å². The SMILES string of the molecule is CC1(C)OCC(=O)NC(C)(c2cc(-c3nc4ccc(C(F)(F)F)cc4o3)c(F)cc2F)C1(F)F. The molecule has 0 radical (unpaired) electrons. The maximum absolute atomic E-state index is 15.5. The summed E-state index contributed by atoms with van der Waals surface area (Å²) >= 11 is 0. The number of halogens is 7. The monoisotopic (exact) mass is 490 g/mol. The zero-order valence-corrected chi connectivity index (χ0v) is 17.9. The number of nitrogens with one attached hydrogen (secondary N) is 1. The summed E-state index contributed by atoms with van der Waals surface area (Å²) in [5.74, 6) is -8.07. The van der Waals surface area contributed by atoms with Crippen LogP contribution in [0.25, 0.3) is 22.6 Å².